The van der Waals surface area contributed by atoms with Gasteiger partial charge in [0.2, 0.25) is 6.10 Å². The Morgan fingerprint density at radius 3 is 2.69 bits per heavy atom. The van der Waals surface area contributed by atoms with Gasteiger partial charge in [-0.1, -0.05) is 17.7 Å². The van der Waals surface area contributed by atoms with E-state index in [1.807, 2.05) is 12.1 Å². The number of benzene rings is 1. The highest BCUT2D eigenvalue weighted by Gasteiger charge is 2.44. The van der Waals surface area contributed by atoms with Gasteiger partial charge in [-0.05, 0) is 55.8 Å². The number of hydrogen-bond acceptors (Lipinski definition) is 4. The summed E-state index contributed by atoms with van der Waals surface area (Å²) in [6, 6.07) is 11.5. The molecular weight excluding hydrogens is 407 g/mol. The number of ether oxygens (including phenoxy) is 1. The van der Waals surface area contributed by atoms with E-state index in [0.29, 0.717) is 23.8 Å². The second-order valence-electron chi connectivity index (χ2n) is 6.92. The minimum atomic E-state index is -4.67. The van der Waals surface area contributed by atoms with Crippen molar-refractivity contribution in [3.8, 4) is 0 Å². The molecule has 2 unspecified atom stereocenters. The van der Waals surface area contributed by atoms with Gasteiger partial charge in [-0.3, -0.25) is 15.2 Å². The van der Waals surface area contributed by atoms with Crippen molar-refractivity contribution in [3.63, 3.8) is 0 Å². The third-order valence-electron chi connectivity index (χ3n) is 4.74. The molecule has 0 bridgehead atoms. The topological polar surface area (TPSA) is 54.5 Å². The number of nitrogens with zero attached hydrogens (tertiary/aromatic N) is 2. The summed E-state index contributed by atoms with van der Waals surface area (Å²) in [7, 11) is 0. The van der Waals surface area contributed by atoms with Crippen LogP contribution in [-0.2, 0) is 4.74 Å². The maximum Gasteiger partial charge on any atom is 0.426 e. The van der Waals surface area contributed by atoms with Gasteiger partial charge in [-0.15, -0.1) is 0 Å². The molecule has 2 aromatic rings. The van der Waals surface area contributed by atoms with Gasteiger partial charge >= 0.3 is 12.3 Å². The number of nitrogens with one attached hydrogen (secondary N) is 1. The number of alkyl halides is 3. The van der Waals surface area contributed by atoms with E-state index in [4.69, 9.17) is 16.3 Å². The SMILES string of the molecule is O=C(Nc1ccc(Cl)cc1)OC(CN1CCCC(c2ccccn2)C1)C(F)(F)F. The Balaban J connectivity index is 1.61. The zero-order valence-corrected chi connectivity index (χ0v) is 16.3. The molecule has 1 fully saturated rings. The summed E-state index contributed by atoms with van der Waals surface area (Å²) in [4.78, 5) is 18.0. The highest BCUT2D eigenvalue weighted by atomic mass is 35.5. The van der Waals surface area contributed by atoms with Gasteiger partial charge in [-0.25, -0.2) is 4.79 Å². The number of carbonyl (C=O) groups is 1. The Morgan fingerprint density at radius 1 is 1.28 bits per heavy atom. The number of pyridine rings is 1. The largest absolute Gasteiger partial charge is 0.435 e. The first-order valence-corrected chi connectivity index (χ1v) is 9.62. The Bertz CT molecular complexity index is 803. The van der Waals surface area contributed by atoms with Crippen molar-refractivity contribution in [2.45, 2.75) is 31.0 Å². The minimum Gasteiger partial charge on any atom is -0.435 e. The van der Waals surface area contributed by atoms with Gasteiger partial charge in [0.15, 0.2) is 0 Å². The molecule has 1 aromatic heterocycles. The number of aromatic nitrogens is 1. The van der Waals surface area contributed by atoms with Crippen LogP contribution >= 0.6 is 11.6 Å². The van der Waals surface area contributed by atoms with Crippen molar-refractivity contribution in [2.24, 2.45) is 0 Å². The summed E-state index contributed by atoms with van der Waals surface area (Å²) in [6.07, 6.45) is -4.76. The number of halogens is 4. The number of amides is 1. The van der Waals surface area contributed by atoms with Crippen LogP contribution in [-0.4, -0.2) is 47.9 Å². The molecule has 0 saturated carbocycles. The molecule has 0 radical (unpaired) electrons. The van der Waals surface area contributed by atoms with Crippen LogP contribution in [0.2, 0.25) is 5.02 Å². The van der Waals surface area contributed by atoms with Crippen LogP contribution in [0, 0.1) is 0 Å². The van der Waals surface area contributed by atoms with Gasteiger partial charge < -0.3 is 4.74 Å². The predicted octanol–water partition coefficient (Wildman–Crippen LogP) is 5.09. The Kier molecular flexibility index (Phi) is 6.97. The molecular formula is C20H21ClF3N3O2. The molecule has 1 saturated heterocycles. The zero-order valence-electron chi connectivity index (χ0n) is 15.5. The smallest absolute Gasteiger partial charge is 0.426 e. The Morgan fingerprint density at radius 2 is 2.03 bits per heavy atom. The summed E-state index contributed by atoms with van der Waals surface area (Å²) >= 11 is 5.75. The first-order chi connectivity index (χ1) is 13.8. The van der Waals surface area contributed by atoms with E-state index in [0.717, 1.165) is 18.5 Å². The average Bonchev–Trinajstić information content (AvgIpc) is 2.69. The number of hydrogen-bond donors (Lipinski definition) is 1. The summed E-state index contributed by atoms with van der Waals surface area (Å²) in [5.74, 6) is 0.0572. The van der Waals surface area contributed by atoms with Gasteiger partial charge in [0, 0.05) is 41.6 Å². The van der Waals surface area contributed by atoms with Crippen LogP contribution in [0.4, 0.5) is 23.7 Å². The number of anilines is 1. The van der Waals surface area contributed by atoms with E-state index in [1.54, 1.807) is 17.2 Å². The standard InChI is InChI=1S/C20H21ClF3N3O2/c21-15-6-8-16(9-7-15)26-19(28)29-18(20(22,23)24)13-27-11-3-4-14(12-27)17-5-1-2-10-25-17/h1-2,5-10,14,18H,3-4,11-13H2,(H,26,28). The molecule has 1 aliphatic rings. The Hall–Kier alpha value is -2.32. The van der Waals surface area contributed by atoms with E-state index in [9.17, 15) is 18.0 Å². The van der Waals surface area contributed by atoms with Crippen molar-refractivity contribution in [1.29, 1.82) is 0 Å². The minimum absolute atomic E-state index is 0.0572. The molecule has 3 rings (SSSR count). The zero-order chi connectivity index (χ0) is 20.9. The van der Waals surface area contributed by atoms with Crippen molar-refractivity contribution in [1.82, 2.24) is 9.88 Å². The lowest BCUT2D eigenvalue weighted by Gasteiger charge is -2.34. The van der Waals surface area contributed by atoms with E-state index in [2.05, 4.69) is 10.3 Å². The van der Waals surface area contributed by atoms with Crippen molar-refractivity contribution < 1.29 is 22.7 Å². The molecule has 0 aliphatic carbocycles. The fourth-order valence-electron chi connectivity index (χ4n) is 3.33. The van der Waals surface area contributed by atoms with E-state index >= 15 is 0 Å². The van der Waals surface area contributed by atoms with E-state index in [1.165, 1.54) is 24.3 Å². The quantitative estimate of drug-likeness (QED) is 0.721. The fraction of sp³-hybridized carbons (Fsp3) is 0.400. The fourth-order valence-corrected chi connectivity index (χ4v) is 3.46. The lowest BCUT2D eigenvalue weighted by Crippen LogP contribution is -2.47. The van der Waals surface area contributed by atoms with Crippen LogP contribution in [0.15, 0.2) is 48.7 Å². The highest BCUT2D eigenvalue weighted by Crippen LogP contribution is 2.29. The molecule has 1 amide bonds. The number of likely N-dealkylation sites (tertiary alicyclic amines) is 1. The van der Waals surface area contributed by atoms with Crippen LogP contribution in [0.5, 0.6) is 0 Å². The van der Waals surface area contributed by atoms with E-state index < -0.39 is 24.9 Å². The van der Waals surface area contributed by atoms with Crippen LogP contribution in [0.1, 0.15) is 24.5 Å². The van der Waals surface area contributed by atoms with Gasteiger partial charge in [0.25, 0.3) is 0 Å². The van der Waals surface area contributed by atoms with Gasteiger partial charge in [0.1, 0.15) is 0 Å². The third-order valence-corrected chi connectivity index (χ3v) is 4.99. The monoisotopic (exact) mass is 427 g/mol. The molecule has 2 heterocycles. The molecule has 1 N–H and O–H groups in total. The third kappa shape index (κ3) is 6.33. The predicted molar refractivity (Wildman–Crippen MR) is 104 cm³/mol. The highest BCUT2D eigenvalue weighted by molar-refractivity contribution is 6.30. The summed E-state index contributed by atoms with van der Waals surface area (Å²) in [5.41, 5.74) is 1.16. The number of carbonyl (C=O) groups excluding carboxylic acids is 1. The lowest BCUT2D eigenvalue weighted by atomic mass is 9.94. The average molecular weight is 428 g/mol. The summed E-state index contributed by atoms with van der Waals surface area (Å²) in [6.45, 7) is 0.532. The maximum absolute atomic E-state index is 13.5. The molecule has 9 heteroatoms. The van der Waals surface area contributed by atoms with Crippen LogP contribution in [0.3, 0.4) is 0 Å². The molecule has 156 valence electrons. The normalized spacial score (nSPS) is 18.8. The van der Waals surface area contributed by atoms with Gasteiger partial charge in [-0.2, -0.15) is 13.2 Å². The number of piperidine rings is 1. The first kappa shape index (κ1) is 21.4. The summed E-state index contributed by atoms with van der Waals surface area (Å²) in [5, 5.41) is 2.74. The van der Waals surface area contributed by atoms with Crippen molar-refractivity contribution >= 4 is 23.4 Å². The van der Waals surface area contributed by atoms with Crippen LogP contribution < -0.4 is 5.32 Å². The molecule has 0 spiro atoms. The molecule has 5 nitrogen and oxygen atoms in total. The Labute approximate surface area is 171 Å². The second-order valence-corrected chi connectivity index (χ2v) is 7.36. The van der Waals surface area contributed by atoms with Crippen molar-refractivity contribution in [2.75, 3.05) is 25.0 Å². The van der Waals surface area contributed by atoms with Crippen molar-refractivity contribution in [3.05, 3.63) is 59.4 Å². The first-order valence-electron chi connectivity index (χ1n) is 9.24. The molecule has 1 aromatic carbocycles. The molecule has 1 aliphatic heterocycles. The van der Waals surface area contributed by atoms with E-state index in [-0.39, 0.29) is 5.92 Å². The summed E-state index contributed by atoms with van der Waals surface area (Å²) < 4.78 is 45.2. The molecule has 29 heavy (non-hydrogen) atoms. The second kappa shape index (κ2) is 9.45. The van der Waals surface area contributed by atoms with Crippen LogP contribution in [0.25, 0.3) is 0 Å². The lowest BCUT2D eigenvalue weighted by molar-refractivity contribution is -0.207. The number of rotatable bonds is 5. The molecule has 2 atom stereocenters. The van der Waals surface area contributed by atoms with Gasteiger partial charge in [0.05, 0.1) is 0 Å². The maximum atomic E-state index is 13.5.